The first-order chi connectivity index (χ1) is 8.86. The lowest BCUT2D eigenvalue weighted by atomic mass is 10.3. The van der Waals surface area contributed by atoms with Gasteiger partial charge in [0.25, 0.3) is 0 Å². The quantitative estimate of drug-likeness (QED) is 0.882. The summed E-state index contributed by atoms with van der Waals surface area (Å²) < 4.78 is 37.6. The SMILES string of the molecule is Nc1cnc(Nc2ccc(C(F)(F)F)nc2)c(Br)c1. The predicted octanol–water partition coefficient (Wildman–Crippen LogP) is 3.58. The Morgan fingerprint density at radius 2 is 1.89 bits per heavy atom. The van der Waals surface area contributed by atoms with E-state index in [4.69, 9.17) is 5.73 Å². The number of aromatic nitrogens is 2. The molecular formula is C11H8BrF3N4. The third-order valence-corrected chi connectivity index (χ3v) is 2.78. The zero-order valence-electron chi connectivity index (χ0n) is 9.37. The Kier molecular flexibility index (Phi) is 3.61. The Hall–Kier alpha value is -1.83. The van der Waals surface area contributed by atoms with Gasteiger partial charge in [0, 0.05) is 0 Å². The van der Waals surface area contributed by atoms with Gasteiger partial charge in [0.05, 0.1) is 28.2 Å². The molecule has 2 aromatic heterocycles. The molecule has 0 spiro atoms. The van der Waals surface area contributed by atoms with E-state index < -0.39 is 11.9 Å². The van der Waals surface area contributed by atoms with Gasteiger partial charge in [-0.05, 0) is 34.1 Å². The zero-order chi connectivity index (χ0) is 14.0. The second kappa shape index (κ2) is 5.04. The van der Waals surface area contributed by atoms with Gasteiger partial charge >= 0.3 is 6.18 Å². The van der Waals surface area contributed by atoms with Gasteiger partial charge < -0.3 is 11.1 Å². The minimum atomic E-state index is -4.45. The van der Waals surface area contributed by atoms with Crippen LogP contribution in [0.3, 0.4) is 0 Å². The van der Waals surface area contributed by atoms with E-state index in [1.807, 2.05) is 0 Å². The molecule has 2 aromatic rings. The van der Waals surface area contributed by atoms with Crippen molar-refractivity contribution in [3.63, 3.8) is 0 Å². The Morgan fingerprint density at radius 1 is 1.16 bits per heavy atom. The summed E-state index contributed by atoms with van der Waals surface area (Å²) in [4.78, 5) is 7.35. The van der Waals surface area contributed by atoms with Crippen molar-refractivity contribution in [3.05, 3.63) is 40.8 Å². The molecule has 0 fully saturated rings. The highest BCUT2D eigenvalue weighted by molar-refractivity contribution is 9.10. The Bertz CT molecular complexity index is 583. The average molecular weight is 333 g/mol. The fourth-order valence-electron chi connectivity index (χ4n) is 1.32. The maximum atomic E-state index is 12.3. The number of nitrogens with zero attached hydrogens (tertiary/aromatic N) is 2. The minimum absolute atomic E-state index is 0.394. The molecule has 2 rings (SSSR count). The van der Waals surface area contributed by atoms with Crippen molar-refractivity contribution in [2.75, 3.05) is 11.1 Å². The normalized spacial score (nSPS) is 11.4. The van der Waals surface area contributed by atoms with Crippen LogP contribution in [0.15, 0.2) is 35.1 Å². The number of rotatable bonds is 2. The minimum Gasteiger partial charge on any atom is -0.397 e. The monoisotopic (exact) mass is 332 g/mol. The molecule has 3 N–H and O–H groups in total. The topological polar surface area (TPSA) is 63.8 Å². The number of nitrogens with one attached hydrogen (secondary N) is 1. The van der Waals surface area contributed by atoms with E-state index in [-0.39, 0.29) is 0 Å². The van der Waals surface area contributed by atoms with Crippen molar-refractivity contribution in [1.82, 2.24) is 9.97 Å². The van der Waals surface area contributed by atoms with Crippen LogP contribution in [0.2, 0.25) is 0 Å². The van der Waals surface area contributed by atoms with Crippen LogP contribution in [0.1, 0.15) is 5.69 Å². The molecule has 0 aliphatic rings. The van der Waals surface area contributed by atoms with E-state index in [1.54, 1.807) is 6.07 Å². The Balaban J connectivity index is 2.20. The second-order valence-electron chi connectivity index (χ2n) is 3.65. The maximum absolute atomic E-state index is 12.3. The lowest BCUT2D eigenvalue weighted by molar-refractivity contribution is -0.141. The Labute approximate surface area is 115 Å². The summed E-state index contributed by atoms with van der Waals surface area (Å²) in [5.41, 5.74) is 5.46. The van der Waals surface area contributed by atoms with Crippen molar-refractivity contribution < 1.29 is 13.2 Å². The molecule has 0 atom stereocenters. The lowest BCUT2D eigenvalue weighted by Gasteiger charge is -2.09. The van der Waals surface area contributed by atoms with E-state index in [2.05, 4.69) is 31.2 Å². The number of anilines is 3. The second-order valence-corrected chi connectivity index (χ2v) is 4.51. The first-order valence-corrected chi connectivity index (χ1v) is 5.87. The highest BCUT2D eigenvalue weighted by Crippen LogP contribution is 2.29. The van der Waals surface area contributed by atoms with Crippen LogP contribution in [-0.2, 0) is 6.18 Å². The molecule has 0 saturated heterocycles. The molecule has 0 saturated carbocycles. The Morgan fingerprint density at radius 3 is 2.42 bits per heavy atom. The smallest absolute Gasteiger partial charge is 0.397 e. The summed E-state index contributed by atoms with van der Waals surface area (Å²) >= 11 is 3.25. The summed E-state index contributed by atoms with van der Waals surface area (Å²) in [5, 5.41) is 2.83. The molecule has 0 aliphatic carbocycles. The molecule has 100 valence electrons. The molecule has 0 bridgehead atoms. The summed E-state index contributed by atoms with van der Waals surface area (Å²) in [6.45, 7) is 0. The average Bonchev–Trinajstić information content (AvgIpc) is 2.32. The third-order valence-electron chi connectivity index (χ3n) is 2.18. The highest BCUT2D eigenvalue weighted by atomic mass is 79.9. The van der Waals surface area contributed by atoms with E-state index in [0.29, 0.717) is 21.7 Å². The lowest BCUT2D eigenvalue weighted by Crippen LogP contribution is -2.07. The number of nitrogens with two attached hydrogens (primary N) is 1. The van der Waals surface area contributed by atoms with Gasteiger partial charge in [0.2, 0.25) is 0 Å². The van der Waals surface area contributed by atoms with Crippen LogP contribution in [-0.4, -0.2) is 9.97 Å². The number of pyridine rings is 2. The fourth-order valence-corrected chi connectivity index (χ4v) is 1.78. The number of hydrogen-bond donors (Lipinski definition) is 2. The highest BCUT2D eigenvalue weighted by Gasteiger charge is 2.32. The molecule has 4 nitrogen and oxygen atoms in total. The van der Waals surface area contributed by atoms with Crippen LogP contribution in [0.5, 0.6) is 0 Å². The first-order valence-electron chi connectivity index (χ1n) is 5.07. The van der Waals surface area contributed by atoms with Gasteiger partial charge in [0.15, 0.2) is 0 Å². The fraction of sp³-hybridized carbons (Fsp3) is 0.0909. The van der Waals surface area contributed by atoms with E-state index in [0.717, 1.165) is 12.3 Å². The molecule has 0 unspecified atom stereocenters. The molecule has 0 amide bonds. The van der Waals surface area contributed by atoms with E-state index >= 15 is 0 Å². The van der Waals surface area contributed by atoms with Crippen LogP contribution >= 0.6 is 15.9 Å². The largest absolute Gasteiger partial charge is 0.433 e. The van der Waals surface area contributed by atoms with E-state index in [9.17, 15) is 13.2 Å². The standard InChI is InChI=1S/C11H8BrF3N4/c12-8-3-6(16)4-18-10(8)19-7-1-2-9(17-5-7)11(13,14)15/h1-5H,16H2,(H,18,19). The van der Waals surface area contributed by atoms with Gasteiger partial charge in [-0.3, -0.25) is 0 Å². The number of nitrogen functional groups attached to an aromatic ring is 1. The van der Waals surface area contributed by atoms with Gasteiger partial charge in [-0.2, -0.15) is 13.2 Å². The van der Waals surface area contributed by atoms with Gasteiger partial charge in [0.1, 0.15) is 11.5 Å². The van der Waals surface area contributed by atoms with Gasteiger partial charge in [-0.25, -0.2) is 9.97 Å². The molecule has 19 heavy (non-hydrogen) atoms. The molecule has 0 aliphatic heterocycles. The van der Waals surface area contributed by atoms with Crippen LogP contribution in [0.25, 0.3) is 0 Å². The van der Waals surface area contributed by atoms with E-state index in [1.165, 1.54) is 12.3 Å². The van der Waals surface area contributed by atoms with Crippen molar-refractivity contribution in [1.29, 1.82) is 0 Å². The molecule has 0 radical (unpaired) electrons. The molecule has 8 heteroatoms. The zero-order valence-corrected chi connectivity index (χ0v) is 11.0. The van der Waals surface area contributed by atoms with Crippen molar-refractivity contribution >= 4 is 33.1 Å². The van der Waals surface area contributed by atoms with Crippen LogP contribution < -0.4 is 11.1 Å². The maximum Gasteiger partial charge on any atom is 0.433 e. The third kappa shape index (κ3) is 3.34. The molecule has 0 aromatic carbocycles. The van der Waals surface area contributed by atoms with Crippen LogP contribution in [0, 0.1) is 0 Å². The van der Waals surface area contributed by atoms with Crippen LogP contribution in [0.4, 0.5) is 30.4 Å². The summed E-state index contributed by atoms with van der Waals surface area (Å²) in [6, 6.07) is 3.81. The van der Waals surface area contributed by atoms with Gasteiger partial charge in [-0.1, -0.05) is 0 Å². The van der Waals surface area contributed by atoms with Gasteiger partial charge in [-0.15, -0.1) is 0 Å². The van der Waals surface area contributed by atoms with Crippen molar-refractivity contribution in [2.24, 2.45) is 0 Å². The number of hydrogen-bond acceptors (Lipinski definition) is 4. The van der Waals surface area contributed by atoms with Crippen molar-refractivity contribution in [3.8, 4) is 0 Å². The summed E-state index contributed by atoms with van der Waals surface area (Å²) in [6.07, 6.45) is -1.92. The first kappa shape index (κ1) is 13.6. The molecule has 2 heterocycles. The molecular weight excluding hydrogens is 325 g/mol. The number of halogens is 4. The number of alkyl halides is 3. The summed E-state index contributed by atoms with van der Waals surface area (Å²) in [7, 11) is 0. The predicted molar refractivity (Wildman–Crippen MR) is 68.9 cm³/mol. The summed E-state index contributed by atoms with van der Waals surface area (Å²) in [5.74, 6) is 0.441. The van der Waals surface area contributed by atoms with Crippen molar-refractivity contribution in [2.45, 2.75) is 6.18 Å².